The van der Waals surface area contributed by atoms with Crippen LogP contribution in [0.15, 0.2) is 24.3 Å². The SMILES string of the molecule is CCc1nnsc1C(=O)N1CC(Oc2ccc(C(=O)O)cc2)C1. The molecule has 0 spiro atoms. The Balaban J connectivity index is 1.55. The van der Waals surface area contributed by atoms with Gasteiger partial charge in [0.05, 0.1) is 24.3 Å². The quantitative estimate of drug-likeness (QED) is 0.895. The minimum absolute atomic E-state index is 0.0575. The van der Waals surface area contributed by atoms with Crippen molar-refractivity contribution >= 4 is 23.4 Å². The fourth-order valence-corrected chi connectivity index (χ4v) is 3.01. The van der Waals surface area contributed by atoms with E-state index in [9.17, 15) is 9.59 Å². The summed E-state index contributed by atoms with van der Waals surface area (Å²) in [5, 5.41) is 12.8. The Morgan fingerprint density at radius 2 is 2.04 bits per heavy atom. The first-order valence-corrected chi connectivity index (χ1v) is 7.96. The molecular formula is C15H15N3O4S. The third-order valence-electron chi connectivity index (χ3n) is 3.62. The van der Waals surface area contributed by atoms with Crippen LogP contribution in [0.4, 0.5) is 0 Å². The summed E-state index contributed by atoms with van der Waals surface area (Å²) >= 11 is 1.12. The maximum absolute atomic E-state index is 12.3. The van der Waals surface area contributed by atoms with Gasteiger partial charge in [0.25, 0.3) is 5.91 Å². The predicted octanol–water partition coefficient (Wildman–Crippen LogP) is 1.70. The zero-order valence-electron chi connectivity index (χ0n) is 12.4. The molecule has 1 aliphatic heterocycles. The Morgan fingerprint density at radius 1 is 1.35 bits per heavy atom. The number of hydrogen-bond acceptors (Lipinski definition) is 6. The summed E-state index contributed by atoms with van der Waals surface area (Å²) in [6.45, 7) is 2.94. The summed E-state index contributed by atoms with van der Waals surface area (Å²) in [7, 11) is 0. The van der Waals surface area contributed by atoms with Gasteiger partial charge < -0.3 is 14.7 Å². The highest BCUT2D eigenvalue weighted by Gasteiger charge is 2.34. The van der Waals surface area contributed by atoms with Crippen LogP contribution in [0, 0.1) is 0 Å². The Bertz CT molecular complexity index is 723. The molecule has 23 heavy (non-hydrogen) atoms. The zero-order chi connectivity index (χ0) is 16.4. The molecule has 0 unspecified atom stereocenters. The zero-order valence-corrected chi connectivity index (χ0v) is 13.2. The summed E-state index contributed by atoms with van der Waals surface area (Å²) in [6, 6.07) is 6.23. The van der Waals surface area contributed by atoms with E-state index in [0.717, 1.165) is 17.2 Å². The lowest BCUT2D eigenvalue weighted by molar-refractivity contribution is 0.0180. The van der Waals surface area contributed by atoms with Crippen molar-refractivity contribution in [3.05, 3.63) is 40.4 Å². The molecule has 1 aromatic heterocycles. The molecule has 2 heterocycles. The maximum atomic E-state index is 12.3. The molecule has 7 nitrogen and oxygen atoms in total. The first kappa shape index (κ1) is 15.4. The van der Waals surface area contributed by atoms with E-state index in [-0.39, 0.29) is 17.6 Å². The van der Waals surface area contributed by atoms with Crippen molar-refractivity contribution in [3.8, 4) is 5.75 Å². The lowest BCUT2D eigenvalue weighted by Crippen LogP contribution is -2.56. The number of nitrogens with zero attached hydrogens (tertiary/aromatic N) is 3. The normalized spacial score (nSPS) is 14.4. The first-order chi connectivity index (χ1) is 11.1. The van der Waals surface area contributed by atoms with Crippen LogP contribution in [0.2, 0.25) is 0 Å². The molecule has 1 amide bonds. The number of likely N-dealkylation sites (tertiary alicyclic amines) is 1. The fourth-order valence-electron chi connectivity index (χ4n) is 2.29. The van der Waals surface area contributed by atoms with Crippen molar-refractivity contribution in [2.75, 3.05) is 13.1 Å². The van der Waals surface area contributed by atoms with Crippen LogP contribution in [0.1, 0.15) is 32.6 Å². The second kappa shape index (κ2) is 6.33. The smallest absolute Gasteiger partial charge is 0.335 e. The minimum atomic E-state index is -0.970. The van der Waals surface area contributed by atoms with E-state index < -0.39 is 5.97 Å². The molecule has 1 aromatic carbocycles. The number of hydrogen-bond donors (Lipinski definition) is 1. The Kier molecular flexibility index (Phi) is 4.24. The molecule has 1 fully saturated rings. The van der Waals surface area contributed by atoms with Crippen LogP contribution in [0.25, 0.3) is 0 Å². The van der Waals surface area contributed by atoms with Crippen molar-refractivity contribution in [2.24, 2.45) is 0 Å². The molecule has 0 radical (unpaired) electrons. The highest BCUT2D eigenvalue weighted by Crippen LogP contribution is 2.22. The third kappa shape index (κ3) is 3.16. The molecule has 0 saturated carbocycles. The van der Waals surface area contributed by atoms with Crippen LogP contribution < -0.4 is 4.74 Å². The Hall–Kier alpha value is -2.48. The fraction of sp³-hybridized carbons (Fsp3) is 0.333. The van der Waals surface area contributed by atoms with Gasteiger partial charge in [-0.3, -0.25) is 4.79 Å². The second-order valence-electron chi connectivity index (χ2n) is 5.18. The topological polar surface area (TPSA) is 92.6 Å². The molecule has 2 aromatic rings. The number of carboxylic acids is 1. The lowest BCUT2D eigenvalue weighted by atomic mass is 10.1. The molecule has 8 heteroatoms. The molecule has 0 atom stereocenters. The number of aromatic nitrogens is 2. The van der Waals surface area contributed by atoms with Gasteiger partial charge >= 0.3 is 5.97 Å². The largest absolute Gasteiger partial charge is 0.487 e. The average Bonchev–Trinajstić information content (AvgIpc) is 2.99. The number of aromatic carboxylic acids is 1. The van der Waals surface area contributed by atoms with Gasteiger partial charge in [-0.15, -0.1) is 5.10 Å². The van der Waals surface area contributed by atoms with Gasteiger partial charge in [0.1, 0.15) is 16.7 Å². The monoisotopic (exact) mass is 333 g/mol. The number of carbonyl (C=O) groups excluding carboxylic acids is 1. The number of amides is 1. The summed E-state index contributed by atoms with van der Waals surface area (Å²) < 4.78 is 9.55. The van der Waals surface area contributed by atoms with E-state index in [0.29, 0.717) is 30.1 Å². The summed E-state index contributed by atoms with van der Waals surface area (Å²) in [4.78, 5) is 25.4. The van der Waals surface area contributed by atoms with Gasteiger partial charge in [0.15, 0.2) is 0 Å². The van der Waals surface area contributed by atoms with Crippen LogP contribution >= 0.6 is 11.5 Å². The standard InChI is InChI=1S/C15H15N3O4S/c1-2-12-13(23-17-16-12)14(19)18-7-11(8-18)22-10-5-3-9(4-6-10)15(20)21/h3-6,11H,2,7-8H2,1H3,(H,20,21). The Morgan fingerprint density at radius 3 is 2.65 bits per heavy atom. The van der Waals surface area contributed by atoms with E-state index in [1.54, 1.807) is 17.0 Å². The first-order valence-electron chi connectivity index (χ1n) is 7.19. The van der Waals surface area contributed by atoms with Gasteiger partial charge in [-0.2, -0.15) is 0 Å². The number of carboxylic acid groups (broad SMARTS) is 1. The number of carbonyl (C=O) groups is 2. The van der Waals surface area contributed by atoms with Gasteiger partial charge in [-0.1, -0.05) is 11.4 Å². The maximum Gasteiger partial charge on any atom is 0.335 e. The summed E-state index contributed by atoms with van der Waals surface area (Å²) in [5.41, 5.74) is 0.946. The highest BCUT2D eigenvalue weighted by atomic mass is 32.1. The van der Waals surface area contributed by atoms with E-state index >= 15 is 0 Å². The molecule has 3 rings (SSSR count). The van der Waals surface area contributed by atoms with Crippen molar-refractivity contribution in [1.29, 1.82) is 0 Å². The lowest BCUT2D eigenvalue weighted by Gasteiger charge is -2.38. The predicted molar refractivity (Wildman–Crippen MR) is 83.0 cm³/mol. The number of benzene rings is 1. The Labute approximate surface area is 136 Å². The van der Waals surface area contributed by atoms with Crippen molar-refractivity contribution < 1.29 is 19.4 Å². The molecule has 1 aliphatic rings. The van der Waals surface area contributed by atoms with E-state index in [1.807, 2.05) is 6.92 Å². The molecule has 1 saturated heterocycles. The molecule has 0 aliphatic carbocycles. The molecule has 0 bridgehead atoms. The van der Waals surface area contributed by atoms with Crippen LogP contribution in [-0.4, -0.2) is 50.7 Å². The van der Waals surface area contributed by atoms with E-state index in [4.69, 9.17) is 9.84 Å². The number of ether oxygens (including phenoxy) is 1. The van der Waals surface area contributed by atoms with Crippen molar-refractivity contribution in [2.45, 2.75) is 19.4 Å². The van der Waals surface area contributed by atoms with Gasteiger partial charge in [-0.05, 0) is 42.2 Å². The molecule has 120 valence electrons. The van der Waals surface area contributed by atoms with Crippen LogP contribution in [0.3, 0.4) is 0 Å². The van der Waals surface area contributed by atoms with Crippen LogP contribution in [0.5, 0.6) is 5.75 Å². The van der Waals surface area contributed by atoms with Crippen molar-refractivity contribution in [3.63, 3.8) is 0 Å². The van der Waals surface area contributed by atoms with Crippen molar-refractivity contribution in [1.82, 2.24) is 14.5 Å². The number of rotatable bonds is 5. The second-order valence-corrected chi connectivity index (χ2v) is 5.94. The molecule has 1 N–H and O–H groups in total. The summed E-state index contributed by atoms with van der Waals surface area (Å²) in [6.07, 6.45) is 0.599. The molecular weight excluding hydrogens is 318 g/mol. The number of aryl methyl sites for hydroxylation is 1. The minimum Gasteiger partial charge on any atom is -0.487 e. The third-order valence-corrected chi connectivity index (χ3v) is 4.38. The van der Waals surface area contributed by atoms with Crippen LogP contribution in [-0.2, 0) is 6.42 Å². The van der Waals surface area contributed by atoms with E-state index in [2.05, 4.69) is 9.59 Å². The van der Waals surface area contributed by atoms with E-state index in [1.165, 1.54) is 12.1 Å². The highest BCUT2D eigenvalue weighted by molar-refractivity contribution is 7.08. The van der Waals surface area contributed by atoms with Gasteiger partial charge in [0, 0.05) is 0 Å². The van der Waals surface area contributed by atoms with Gasteiger partial charge in [-0.25, -0.2) is 4.79 Å². The average molecular weight is 333 g/mol. The summed E-state index contributed by atoms with van der Waals surface area (Å²) in [5.74, 6) is -0.430. The van der Waals surface area contributed by atoms with Gasteiger partial charge in [0.2, 0.25) is 0 Å².